The number of piperidine rings is 1. The average Bonchev–Trinajstić information content (AvgIpc) is 2.47. The van der Waals surface area contributed by atoms with Gasteiger partial charge in [0.25, 0.3) is 0 Å². The van der Waals surface area contributed by atoms with Gasteiger partial charge in [-0.15, -0.1) is 0 Å². The highest BCUT2D eigenvalue weighted by Crippen LogP contribution is 2.27. The summed E-state index contributed by atoms with van der Waals surface area (Å²) in [7, 11) is -3.57. The molecule has 1 aliphatic heterocycles. The third-order valence-corrected chi connectivity index (χ3v) is 5.76. The monoisotopic (exact) mass is 294 g/mol. The number of benzene rings is 1. The van der Waals surface area contributed by atoms with E-state index in [1.54, 1.807) is 0 Å². The summed E-state index contributed by atoms with van der Waals surface area (Å²) < 4.78 is 26.7. The molecule has 5 nitrogen and oxygen atoms in total. The number of aliphatic hydroxyl groups is 1. The van der Waals surface area contributed by atoms with Crippen molar-refractivity contribution >= 4 is 10.0 Å². The molecule has 0 aromatic heterocycles. The van der Waals surface area contributed by atoms with Gasteiger partial charge in [0.05, 0.1) is 16.5 Å². The highest BCUT2D eigenvalue weighted by atomic mass is 32.2. The molecule has 1 aromatic carbocycles. The molecule has 1 heterocycles. The number of aliphatic hydroxyl groups excluding tert-OH is 1. The number of hydrogen-bond donors (Lipinski definition) is 1. The van der Waals surface area contributed by atoms with E-state index in [4.69, 9.17) is 5.26 Å². The largest absolute Gasteiger partial charge is 0.396 e. The Balaban J connectivity index is 2.30. The van der Waals surface area contributed by atoms with Gasteiger partial charge >= 0.3 is 0 Å². The van der Waals surface area contributed by atoms with Gasteiger partial charge in [0, 0.05) is 19.2 Å². The number of rotatable bonds is 3. The summed E-state index contributed by atoms with van der Waals surface area (Å²) in [6.45, 7) is 2.24. The van der Waals surface area contributed by atoms with Crippen LogP contribution in [-0.4, -0.2) is 37.0 Å². The maximum atomic E-state index is 12.6. The van der Waals surface area contributed by atoms with E-state index in [0.29, 0.717) is 12.1 Å². The summed E-state index contributed by atoms with van der Waals surface area (Å²) in [6.07, 6.45) is 1.60. The van der Waals surface area contributed by atoms with Crippen LogP contribution < -0.4 is 0 Å². The summed E-state index contributed by atoms with van der Waals surface area (Å²) in [6, 6.07) is 7.83. The second-order valence-electron chi connectivity index (χ2n) is 5.19. The van der Waals surface area contributed by atoms with Gasteiger partial charge in [0.2, 0.25) is 10.0 Å². The molecule has 0 amide bonds. The molecule has 1 aliphatic rings. The summed E-state index contributed by atoms with van der Waals surface area (Å²) in [4.78, 5) is 0.196. The summed E-state index contributed by atoms with van der Waals surface area (Å²) in [5.41, 5.74) is 0.434. The Morgan fingerprint density at radius 1 is 1.35 bits per heavy atom. The van der Waals surface area contributed by atoms with E-state index < -0.39 is 10.0 Å². The molecule has 0 aliphatic carbocycles. The van der Waals surface area contributed by atoms with E-state index in [-0.39, 0.29) is 23.5 Å². The molecule has 2 rings (SSSR count). The normalized spacial score (nSPS) is 24.2. The maximum Gasteiger partial charge on any atom is 0.243 e. The average molecular weight is 294 g/mol. The fraction of sp³-hybridized carbons (Fsp3) is 0.500. The van der Waals surface area contributed by atoms with Crippen LogP contribution in [-0.2, 0) is 10.0 Å². The minimum Gasteiger partial charge on any atom is -0.396 e. The smallest absolute Gasteiger partial charge is 0.243 e. The molecule has 0 radical (unpaired) electrons. The van der Waals surface area contributed by atoms with Crippen molar-refractivity contribution in [1.29, 1.82) is 5.26 Å². The quantitative estimate of drug-likeness (QED) is 0.912. The summed E-state index contributed by atoms with van der Waals surface area (Å²) in [5.74, 6) is -0.000596. The Labute approximate surface area is 119 Å². The van der Waals surface area contributed by atoms with Crippen LogP contribution in [0.5, 0.6) is 0 Å². The Morgan fingerprint density at radius 3 is 2.55 bits per heavy atom. The van der Waals surface area contributed by atoms with Gasteiger partial charge in [-0.05, 0) is 49.9 Å². The topological polar surface area (TPSA) is 81.4 Å². The SMILES string of the molecule is CC1CCC(CO)CN1S(=O)(=O)c1ccc(C#N)cc1. The summed E-state index contributed by atoms with van der Waals surface area (Å²) >= 11 is 0. The van der Waals surface area contributed by atoms with Crippen molar-refractivity contribution in [2.24, 2.45) is 5.92 Å². The van der Waals surface area contributed by atoms with Gasteiger partial charge in [0.1, 0.15) is 0 Å². The Hall–Kier alpha value is -1.42. The predicted octanol–water partition coefficient (Wildman–Crippen LogP) is 1.34. The van der Waals surface area contributed by atoms with Crippen LogP contribution in [0.3, 0.4) is 0 Å². The predicted molar refractivity (Wildman–Crippen MR) is 74.3 cm³/mol. The van der Waals surface area contributed by atoms with Crippen LogP contribution in [0, 0.1) is 17.2 Å². The third kappa shape index (κ3) is 2.85. The Kier molecular flexibility index (Phi) is 4.43. The van der Waals surface area contributed by atoms with Gasteiger partial charge < -0.3 is 5.11 Å². The van der Waals surface area contributed by atoms with E-state index in [9.17, 15) is 13.5 Å². The molecule has 108 valence electrons. The van der Waals surface area contributed by atoms with Gasteiger partial charge in [-0.2, -0.15) is 9.57 Å². The Morgan fingerprint density at radius 2 is 2.00 bits per heavy atom. The van der Waals surface area contributed by atoms with Crippen molar-refractivity contribution in [1.82, 2.24) is 4.31 Å². The van der Waals surface area contributed by atoms with Gasteiger partial charge in [-0.3, -0.25) is 0 Å². The van der Waals surface area contributed by atoms with Crippen LogP contribution in [0.25, 0.3) is 0 Å². The molecule has 20 heavy (non-hydrogen) atoms. The van der Waals surface area contributed by atoms with Gasteiger partial charge in [-0.1, -0.05) is 0 Å². The standard InChI is InChI=1S/C14H18N2O3S/c1-11-2-3-13(10-17)9-16(11)20(18,19)14-6-4-12(8-15)5-7-14/h4-7,11,13,17H,2-3,9-10H2,1H3. The molecule has 1 aromatic rings. The highest BCUT2D eigenvalue weighted by Gasteiger charge is 2.34. The van der Waals surface area contributed by atoms with Crippen molar-refractivity contribution in [3.63, 3.8) is 0 Å². The fourth-order valence-electron chi connectivity index (χ4n) is 2.47. The van der Waals surface area contributed by atoms with E-state index in [1.807, 2.05) is 13.0 Å². The van der Waals surface area contributed by atoms with Crippen LogP contribution in [0.15, 0.2) is 29.2 Å². The molecule has 1 N–H and O–H groups in total. The van der Waals surface area contributed by atoms with Crippen LogP contribution in [0.4, 0.5) is 0 Å². The lowest BCUT2D eigenvalue weighted by Gasteiger charge is -2.36. The minimum absolute atomic E-state index is 0.000596. The van der Waals surface area contributed by atoms with Crippen molar-refractivity contribution in [2.75, 3.05) is 13.2 Å². The number of sulfonamides is 1. The molecule has 0 bridgehead atoms. The second-order valence-corrected chi connectivity index (χ2v) is 7.08. The molecule has 2 atom stereocenters. The molecule has 1 fully saturated rings. The lowest BCUT2D eigenvalue weighted by molar-refractivity contribution is 0.139. The summed E-state index contributed by atoms with van der Waals surface area (Å²) in [5, 5.41) is 18.0. The van der Waals surface area contributed by atoms with Gasteiger partial charge in [-0.25, -0.2) is 8.42 Å². The minimum atomic E-state index is -3.57. The molecule has 0 saturated carbocycles. The molecular weight excluding hydrogens is 276 g/mol. The number of nitrogens with zero attached hydrogens (tertiary/aromatic N) is 2. The second kappa shape index (κ2) is 5.92. The van der Waals surface area contributed by atoms with Crippen LogP contribution in [0.2, 0.25) is 0 Å². The molecule has 6 heteroatoms. The lowest BCUT2D eigenvalue weighted by Crippen LogP contribution is -2.46. The third-order valence-electron chi connectivity index (χ3n) is 3.77. The van der Waals surface area contributed by atoms with E-state index in [1.165, 1.54) is 28.6 Å². The number of hydrogen-bond acceptors (Lipinski definition) is 4. The van der Waals surface area contributed by atoms with E-state index in [0.717, 1.165) is 12.8 Å². The maximum absolute atomic E-state index is 12.6. The zero-order valence-electron chi connectivity index (χ0n) is 11.4. The number of nitriles is 1. The molecule has 2 unspecified atom stereocenters. The van der Waals surface area contributed by atoms with Crippen molar-refractivity contribution in [2.45, 2.75) is 30.7 Å². The van der Waals surface area contributed by atoms with Crippen molar-refractivity contribution in [3.05, 3.63) is 29.8 Å². The molecule has 1 saturated heterocycles. The fourth-order valence-corrected chi connectivity index (χ4v) is 4.20. The first kappa shape index (κ1) is 15.0. The first-order chi connectivity index (χ1) is 9.48. The van der Waals surface area contributed by atoms with Crippen molar-refractivity contribution < 1.29 is 13.5 Å². The lowest BCUT2D eigenvalue weighted by atomic mass is 9.96. The van der Waals surface area contributed by atoms with Gasteiger partial charge in [0.15, 0.2) is 0 Å². The first-order valence-corrected chi connectivity index (χ1v) is 8.06. The first-order valence-electron chi connectivity index (χ1n) is 6.62. The zero-order valence-corrected chi connectivity index (χ0v) is 12.2. The molecular formula is C14H18N2O3S. The van der Waals surface area contributed by atoms with Crippen LogP contribution >= 0.6 is 0 Å². The van der Waals surface area contributed by atoms with Crippen LogP contribution in [0.1, 0.15) is 25.3 Å². The molecule has 0 spiro atoms. The zero-order chi connectivity index (χ0) is 14.8. The van der Waals surface area contributed by atoms with E-state index in [2.05, 4.69) is 0 Å². The van der Waals surface area contributed by atoms with E-state index >= 15 is 0 Å². The highest BCUT2D eigenvalue weighted by molar-refractivity contribution is 7.89. The Bertz CT molecular complexity index is 604. The van der Waals surface area contributed by atoms with Crippen molar-refractivity contribution in [3.8, 4) is 6.07 Å².